The van der Waals surface area contributed by atoms with Gasteiger partial charge in [0.05, 0.1) is 6.20 Å². The first-order valence-corrected chi connectivity index (χ1v) is 5.80. The Balaban J connectivity index is 0.00000133. The SMILES string of the molecule is C[n+]1ccc(-c2ncc(-c3ccccc3)o2)cc1.[Cl-]. The van der Waals surface area contributed by atoms with Gasteiger partial charge in [0.15, 0.2) is 18.2 Å². The van der Waals surface area contributed by atoms with Crippen molar-refractivity contribution in [1.82, 2.24) is 4.98 Å². The minimum atomic E-state index is 0. The molecule has 0 aliphatic rings. The van der Waals surface area contributed by atoms with E-state index in [0.717, 1.165) is 16.9 Å². The van der Waals surface area contributed by atoms with Crippen LogP contribution in [0, 0.1) is 0 Å². The molecule has 0 unspecified atom stereocenters. The number of hydrogen-bond acceptors (Lipinski definition) is 2. The van der Waals surface area contributed by atoms with E-state index < -0.39 is 0 Å². The third kappa shape index (κ3) is 2.83. The summed E-state index contributed by atoms with van der Waals surface area (Å²) in [6.07, 6.45) is 5.71. The van der Waals surface area contributed by atoms with Gasteiger partial charge in [0.2, 0.25) is 5.89 Å². The van der Waals surface area contributed by atoms with Gasteiger partial charge >= 0.3 is 0 Å². The molecule has 2 aromatic heterocycles. The minimum absolute atomic E-state index is 0. The second kappa shape index (κ2) is 5.67. The summed E-state index contributed by atoms with van der Waals surface area (Å²) in [5, 5.41) is 0. The molecule has 2 heterocycles. The van der Waals surface area contributed by atoms with E-state index in [9.17, 15) is 0 Å². The number of rotatable bonds is 2. The third-order valence-electron chi connectivity index (χ3n) is 2.79. The molecule has 0 spiro atoms. The first-order valence-electron chi connectivity index (χ1n) is 5.80. The molecule has 4 heteroatoms. The molecule has 0 amide bonds. The lowest BCUT2D eigenvalue weighted by molar-refractivity contribution is -0.671. The molecule has 0 radical (unpaired) electrons. The zero-order valence-electron chi connectivity index (χ0n) is 10.5. The fourth-order valence-electron chi connectivity index (χ4n) is 1.79. The Morgan fingerprint density at radius 1 is 0.947 bits per heavy atom. The summed E-state index contributed by atoms with van der Waals surface area (Å²) in [4.78, 5) is 4.32. The fourth-order valence-corrected chi connectivity index (χ4v) is 1.79. The van der Waals surface area contributed by atoms with Gasteiger partial charge in [-0.1, -0.05) is 30.3 Å². The van der Waals surface area contributed by atoms with E-state index in [1.807, 2.05) is 66.5 Å². The normalized spacial score (nSPS) is 9.95. The molecule has 3 nitrogen and oxygen atoms in total. The Bertz CT molecular complexity index is 647. The Kier molecular flexibility index (Phi) is 3.97. The van der Waals surface area contributed by atoms with Crippen LogP contribution in [0.5, 0.6) is 0 Å². The van der Waals surface area contributed by atoms with Crippen molar-refractivity contribution in [2.45, 2.75) is 0 Å². The number of benzene rings is 1. The van der Waals surface area contributed by atoms with Crippen LogP contribution in [0.1, 0.15) is 0 Å². The quantitative estimate of drug-likeness (QED) is 0.607. The van der Waals surface area contributed by atoms with Crippen molar-refractivity contribution in [3.8, 4) is 22.8 Å². The molecule has 0 aliphatic heterocycles. The maximum Gasteiger partial charge on any atom is 0.227 e. The third-order valence-corrected chi connectivity index (χ3v) is 2.79. The van der Waals surface area contributed by atoms with Gasteiger partial charge in [0.25, 0.3) is 0 Å². The highest BCUT2D eigenvalue weighted by molar-refractivity contribution is 5.60. The van der Waals surface area contributed by atoms with Crippen LogP contribution in [0.2, 0.25) is 0 Å². The summed E-state index contributed by atoms with van der Waals surface area (Å²) in [7, 11) is 1.98. The Labute approximate surface area is 118 Å². The largest absolute Gasteiger partial charge is 1.00 e. The van der Waals surface area contributed by atoms with Crippen LogP contribution in [0.25, 0.3) is 22.8 Å². The number of hydrogen-bond donors (Lipinski definition) is 0. The van der Waals surface area contributed by atoms with Crippen LogP contribution in [-0.2, 0) is 7.05 Å². The lowest BCUT2D eigenvalue weighted by Gasteiger charge is -1.95. The monoisotopic (exact) mass is 272 g/mol. The topological polar surface area (TPSA) is 29.9 Å². The number of oxazole rings is 1. The Morgan fingerprint density at radius 2 is 1.63 bits per heavy atom. The summed E-state index contributed by atoms with van der Waals surface area (Å²) in [6, 6.07) is 13.9. The molecule has 96 valence electrons. The van der Waals surface area contributed by atoms with Crippen LogP contribution in [-0.4, -0.2) is 4.98 Å². The summed E-state index contributed by atoms with van der Waals surface area (Å²) in [5.41, 5.74) is 2.02. The Morgan fingerprint density at radius 3 is 2.32 bits per heavy atom. The van der Waals surface area contributed by atoms with E-state index in [0.29, 0.717) is 5.89 Å². The Hall–Kier alpha value is -2.13. The average molecular weight is 273 g/mol. The molecule has 0 bridgehead atoms. The molecule has 0 saturated heterocycles. The summed E-state index contributed by atoms with van der Waals surface area (Å²) in [5.74, 6) is 1.44. The van der Waals surface area contributed by atoms with Gasteiger partial charge in [-0.2, -0.15) is 0 Å². The van der Waals surface area contributed by atoms with Crippen LogP contribution in [0.15, 0.2) is 65.5 Å². The fraction of sp³-hybridized carbons (Fsp3) is 0.0667. The highest BCUT2D eigenvalue weighted by Gasteiger charge is 2.08. The lowest BCUT2D eigenvalue weighted by atomic mass is 10.2. The van der Waals surface area contributed by atoms with E-state index in [1.54, 1.807) is 6.20 Å². The van der Waals surface area contributed by atoms with E-state index in [2.05, 4.69) is 4.98 Å². The van der Waals surface area contributed by atoms with Crippen molar-refractivity contribution >= 4 is 0 Å². The van der Waals surface area contributed by atoms with E-state index in [-0.39, 0.29) is 12.4 Å². The predicted molar refractivity (Wildman–Crippen MR) is 68.6 cm³/mol. The number of nitrogens with zero attached hydrogens (tertiary/aromatic N) is 2. The van der Waals surface area contributed by atoms with E-state index in [4.69, 9.17) is 4.42 Å². The van der Waals surface area contributed by atoms with Gasteiger partial charge in [-0.15, -0.1) is 0 Å². The van der Waals surface area contributed by atoms with Crippen molar-refractivity contribution in [1.29, 1.82) is 0 Å². The molecule has 0 N–H and O–H groups in total. The number of aryl methyl sites for hydroxylation is 1. The van der Waals surface area contributed by atoms with Crippen molar-refractivity contribution < 1.29 is 21.4 Å². The summed E-state index contributed by atoms with van der Waals surface area (Å²) < 4.78 is 7.75. The van der Waals surface area contributed by atoms with Gasteiger partial charge in [-0.3, -0.25) is 0 Å². The molecule has 3 rings (SSSR count). The van der Waals surface area contributed by atoms with Crippen LogP contribution < -0.4 is 17.0 Å². The van der Waals surface area contributed by atoms with Crippen molar-refractivity contribution in [3.05, 3.63) is 61.1 Å². The number of aromatic nitrogens is 2. The second-order valence-corrected chi connectivity index (χ2v) is 4.15. The standard InChI is InChI=1S/C15H13N2O.ClH/c1-17-9-7-13(8-10-17)15-16-11-14(18-15)12-5-3-2-4-6-12;/h2-11H,1H3;1H/q+1;/p-1. The summed E-state index contributed by atoms with van der Waals surface area (Å²) >= 11 is 0. The van der Waals surface area contributed by atoms with E-state index >= 15 is 0 Å². The number of pyridine rings is 1. The lowest BCUT2D eigenvalue weighted by Crippen LogP contribution is -3.00. The average Bonchev–Trinajstić information content (AvgIpc) is 2.90. The predicted octanol–water partition coefficient (Wildman–Crippen LogP) is -0.163. The maximum atomic E-state index is 5.78. The zero-order chi connectivity index (χ0) is 12.4. The van der Waals surface area contributed by atoms with Crippen LogP contribution >= 0.6 is 0 Å². The minimum Gasteiger partial charge on any atom is -1.00 e. The zero-order valence-corrected chi connectivity index (χ0v) is 11.2. The van der Waals surface area contributed by atoms with E-state index in [1.165, 1.54) is 0 Å². The van der Waals surface area contributed by atoms with Gasteiger partial charge in [-0.05, 0) is 0 Å². The van der Waals surface area contributed by atoms with Crippen molar-refractivity contribution in [2.24, 2.45) is 7.05 Å². The van der Waals surface area contributed by atoms with Crippen molar-refractivity contribution in [3.63, 3.8) is 0 Å². The molecule has 0 aliphatic carbocycles. The van der Waals surface area contributed by atoms with Gasteiger partial charge in [0.1, 0.15) is 7.05 Å². The van der Waals surface area contributed by atoms with Gasteiger partial charge < -0.3 is 16.8 Å². The highest BCUT2D eigenvalue weighted by Crippen LogP contribution is 2.24. The molecular weight excluding hydrogens is 260 g/mol. The first-order chi connectivity index (χ1) is 8.83. The molecule has 19 heavy (non-hydrogen) atoms. The smallest absolute Gasteiger partial charge is 0.227 e. The molecule has 0 saturated carbocycles. The second-order valence-electron chi connectivity index (χ2n) is 4.15. The first kappa shape index (κ1) is 13.3. The van der Waals surface area contributed by atoms with Gasteiger partial charge in [0, 0.05) is 23.3 Å². The molecule has 3 aromatic rings. The van der Waals surface area contributed by atoms with Crippen LogP contribution in [0.4, 0.5) is 0 Å². The molecular formula is C15H13ClN2O. The van der Waals surface area contributed by atoms with Crippen LogP contribution in [0.3, 0.4) is 0 Å². The van der Waals surface area contributed by atoms with Crippen molar-refractivity contribution in [2.75, 3.05) is 0 Å². The highest BCUT2D eigenvalue weighted by atomic mass is 35.5. The maximum absolute atomic E-state index is 5.78. The number of halogens is 1. The van der Waals surface area contributed by atoms with Gasteiger partial charge in [-0.25, -0.2) is 9.55 Å². The summed E-state index contributed by atoms with van der Waals surface area (Å²) in [6.45, 7) is 0. The molecule has 0 atom stereocenters. The molecule has 1 aromatic carbocycles. The molecule has 0 fully saturated rings.